The number of nitrogens with one attached hydrogen (secondary N) is 2. The van der Waals surface area contributed by atoms with Crippen LogP contribution in [-0.4, -0.2) is 28.8 Å². The van der Waals surface area contributed by atoms with Gasteiger partial charge in [0.15, 0.2) is 0 Å². The van der Waals surface area contributed by atoms with Gasteiger partial charge in [-0.1, -0.05) is 59.2 Å². The van der Waals surface area contributed by atoms with Crippen LogP contribution in [-0.2, 0) is 4.79 Å². The van der Waals surface area contributed by atoms with Crippen LogP contribution in [0.25, 0.3) is 11.4 Å². The maximum atomic E-state index is 11.7. The van der Waals surface area contributed by atoms with Crippen molar-refractivity contribution in [3.8, 4) is 11.4 Å². The third-order valence-electron chi connectivity index (χ3n) is 3.13. The third-order valence-corrected chi connectivity index (χ3v) is 3.38. The Hall–Kier alpha value is -3.19. The molecule has 0 fully saturated rings. The van der Waals surface area contributed by atoms with E-state index in [9.17, 15) is 4.79 Å². The molecule has 0 saturated carbocycles. The molecule has 126 valence electrons. The minimum absolute atomic E-state index is 0.0472. The van der Waals surface area contributed by atoms with E-state index in [1.54, 1.807) is 24.3 Å². The molecular formula is C17H14ClN5O2. The second-order valence-corrected chi connectivity index (χ2v) is 5.42. The van der Waals surface area contributed by atoms with E-state index in [1.165, 1.54) is 6.21 Å². The van der Waals surface area contributed by atoms with Crippen molar-refractivity contribution in [3.63, 3.8) is 0 Å². The van der Waals surface area contributed by atoms with Crippen LogP contribution in [0.4, 0.5) is 6.01 Å². The van der Waals surface area contributed by atoms with Crippen LogP contribution in [0.15, 0.2) is 64.2 Å². The maximum Gasteiger partial charge on any atom is 0.322 e. The van der Waals surface area contributed by atoms with Gasteiger partial charge in [0, 0.05) is 10.6 Å². The van der Waals surface area contributed by atoms with Gasteiger partial charge in [0.2, 0.25) is 5.82 Å². The minimum Gasteiger partial charge on any atom is -0.329 e. The molecule has 1 amide bonds. The number of anilines is 1. The molecule has 0 spiro atoms. The minimum atomic E-state index is -0.343. The van der Waals surface area contributed by atoms with Gasteiger partial charge in [-0.15, -0.1) is 0 Å². The van der Waals surface area contributed by atoms with Gasteiger partial charge in [-0.3, -0.25) is 4.79 Å². The lowest BCUT2D eigenvalue weighted by molar-refractivity contribution is -0.119. The Morgan fingerprint density at radius 1 is 1.16 bits per heavy atom. The van der Waals surface area contributed by atoms with E-state index in [1.807, 2.05) is 30.3 Å². The molecule has 8 heteroatoms. The van der Waals surface area contributed by atoms with Crippen molar-refractivity contribution in [1.29, 1.82) is 0 Å². The zero-order valence-electron chi connectivity index (χ0n) is 13.0. The monoisotopic (exact) mass is 355 g/mol. The van der Waals surface area contributed by atoms with Gasteiger partial charge < -0.3 is 9.84 Å². The fraction of sp³-hybridized carbons (Fsp3) is 0.0588. The lowest BCUT2D eigenvalue weighted by atomic mass is 10.2. The third kappa shape index (κ3) is 4.89. The Morgan fingerprint density at radius 3 is 2.68 bits per heavy atom. The largest absolute Gasteiger partial charge is 0.329 e. The quantitative estimate of drug-likeness (QED) is 0.524. The number of hydrazone groups is 1. The standard InChI is InChI=1S/C17H14ClN5O2/c18-14-8-6-12(7-9-14)10-20-22-15(24)11-19-17-21-16(23-25-17)13-4-2-1-3-5-13/h1-10H,11H2,(H,22,24)(H,19,21,23). The summed E-state index contributed by atoms with van der Waals surface area (Å²) in [7, 11) is 0. The van der Waals surface area contributed by atoms with Crippen molar-refractivity contribution >= 4 is 29.7 Å². The Bertz CT molecular complexity index is 862. The van der Waals surface area contributed by atoms with Crippen molar-refractivity contribution in [1.82, 2.24) is 15.6 Å². The molecule has 3 rings (SSSR count). The van der Waals surface area contributed by atoms with Crippen molar-refractivity contribution in [2.75, 3.05) is 11.9 Å². The molecule has 0 atom stereocenters. The average molecular weight is 356 g/mol. The number of hydrogen-bond acceptors (Lipinski definition) is 6. The molecule has 2 aromatic carbocycles. The van der Waals surface area contributed by atoms with Gasteiger partial charge >= 0.3 is 6.01 Å². The summed E-state index contributed by atoms with van der Waals surface area (Å²) in [6, 6.07) is 16.6. The second-order valence-electron chi connectivity index (χ2n) is 4.99. The highest BCUT2D eigenvalue weighted by Gasteiger charge is 2.08. The highest BCUT2D eigenvalue weighted by atomic mass is 35.5. The van der Waals surface area contributed by atoms with E-state index < -0.39 is 0 Å². The summed E-state index contributed by atoms with van der Waals surface area (Å²) in [5.74, 6) is 0.106. The van der Waals surface area contributed by atoms with Crippen molar-refractivity contribution in [2.24, 2.45) is 5.10 Å². The van der Waals surface area contributed by atoms with Gasteiger partial charge in [-0.25, -0.2) is 5.43 Å². The van der Waals surface area contributed by atoms with E-state index in [-0.39, 0.29) is 18.5 Å². The first kappa shape index (κ1) is 16.7. The highest BCUT2D eigenvalue weighted by Crippen LogP contribution is 2.16. The first-order valence-electron chi connectivity index (χ1n) is 7.41. The summed E-state index contributed by atoms with van der Waals surface area (Å²) < 4.78 is 5.05. The van der Waals surface area contributed by atoms with E-state index in [0.717, 1.165) is 11.1 Å². The number of nitrogens with zero attached hydrogens (tertiary/aromatic N) is 3. The Morgan fingerprint density at radius 2 is 1.92 bits per heavy atom. The molecule has 25 heavy (non-hydrogen) atoms. The topological polar surface area (TPSA) is 92.4 Å². The lowest BCUT2D eigenvalue weighted by Crippen LogP contribution is -2.25. The molecule has 7 nitrogen and oxygen atoms in total. The molecule has 0 aliphatic carbocycles. The smallest absolute Gasteiger partial charge is 0.322 e. The predicted molar refractivity (Wildman–Crippen MR) is 95.4 cm³/mol. The zero-order valence-corrected chi connectivity index (χ0v) is 13.8. The predicted octanol–water partition coefficient (Wildman–Crippen LogP) is 2.95. The van der Waals surface area contributed by atoms with E-state index in [0.29, 0.717) is 10.8 Å². The molecule has 0 aliphatic heterocycles. The second kappa shape index (κ2) is 8.07. The van der Waals surface area contributed by atoms with Crippen LogP contribution in [0.3, 0.4) is 0 Å². The number of aromatic nitrogens is 2. The summed E-state index contributed by atoms with van der Waals surface area (Å²) in [4.78, 5) is 15.9. The number of halogens is 1. The first-order chi connectivity index (χ1) is 12.2. The molecule has 0 saturated heterocycles. The fourth-order valence-corrected chi connectivity index (χ4v) is 2.05. The van der Waals surface area contributed by atoms with Gasteiger partial charge in [0.25, 0.3) is 5.91 Å². The van der Waals surface area contributed by atoms with E-state index in [4.69, 9.17) is 16.1 Å². The van der Waals surface area contributed by atoms with Crippen molar-refractivity contribution in [3.05, 3.63) is 65.2 Å². The van der Waals surface area contributed by atoms with Crippen molar-refractivity contribution in [2.45, 2.75) is 0 Å². The van der Waals surface area contributed by atoms with Gasteiger partial charge in [-0.05, 0) is 17.7 Å². The van der Waals surface area contributed by atoms with Crippen LogP contribution in [0.1, 0.15) is 5.56 Å². The summed E-state index contributed by atoms with van der Waals surface area (Å²) in [5, 5.41) is 11.1. The molecule has 0 radical (unpaired) electrons. The maximum absolute atomic E-state index is 11.7. The SMILES string of the molecule is O=C(CNc1nc(-c2ccccc2)no1)NN=Cc1ccc(Cl)cc1. The van der Waals surface area contributed by atoms with Crippen LogP contribution < -0.4 is 10.7 Å². The summed E-state index contributed by atoms with van der Waals surface area (Å²) in [6.45, 7) is -0.0472. The molecule has 2 N–H and O–H groups in total. The molecule has 1 heterocycles. The number of carbonyl (C=O) groups excluding carboxylic acids is 1. The number of carbonyl (C=O) groups is 1. The zero-order chi connectivity index (χ0) is 17.5. The number of amides is 1. The summed E-state index contributed by atoms with van der Waals surface area (Å²) in [6.07, 6.45) is 1.52. The summed E-state index contributed by atoms with van der Waals surface area (Å²) in [5.41, 5.74) is 4.05. The first-order valence-corrected chi connectivity index (χ1v) is 7.79. The van der Waals surface area contributed by atoms with E-state index >= 15 is 0 Å². The molecule has 3 aromatic rings. The molecule has 1 aromatic heterocycles. The lowest BCUT2D eigenvalue weighted by Gasteiger charge is -1.99. The average Bonchev–Trinajstić information content (AvgIpc) is 3.11. The Balaban J connectivity index is 1.48. The Labute approximate surface area is 148 Å². The van der Waals surface area contributed by atoms with E-state index in [2.05, 4.69) is 26.0 Å². The van der Waals surface area contributed by atoms with Gasteiger partial charge in [0.1, 0.15) is 6.54 Å². The van der Waals surface area contributed by atoms with Crippen LogP contribution >= 0.6 is 11.6 Å². The highest BCUT2D eigenvalue weighted by molar-refractivity contribution is 6.30. The molecular weight excluding hydrogens is 342 g/mol. The molecule has 0 unspecified atom stereocenters. The normalized spacial score (nSPS) is 10.8. The van der Waals surface area contributed by atoms with Gasteiger partial charge in [-0.2, -0.15) is 10.1 Å². The van der Waals surface area contributed by atoms with Crippen LogP contribution in [0.5, 0.6) is 0 Å². The molecule has 0 aliphatic rings. The number of hydrogen-bond donors (Lipinski definition) is 2. The van der Waals surface area contributed by atoms with Crippen molar-refractivity contribution < 1.29 is 9.32 Å². The molecule has 0 bridgehead atoms. The van der Waals surface area contributed by atoms with Crippen LogP contribution in [0.2, 0.25) is 5.02 Å². The van der Waals surface area contributed by atoms with Gasteiger partial charge in [0.05, 0.1) is 6.21 Å². The van der Waals surface area contributed by atoms with Crippen LogP contribution in [0, 0.1) is 0 Å². The number of benzene rings is 2. The summed E-state index contributed by atoms with van der Waals surface area (Å²) >= 11 is 5.79. The number of rotatable bonds is 6. The fourth-order valence-electron chi connectivity index (χ4n) is 1.92. The Kier molecular flexibility index (Phi) is 5.38.